The van der Waals surface area contributed by atoms with Crippen LogP contribution in [0.2, 0.25) is 0 Å². The molecule has 2 atom stereocenters. The molecule has 0 bridgehead atoms. The first-order valence-electron chi connectivity index (χ1n) is 12.7. The molecule has 188 valence electrons. The van der Waals surface area contributed by atoms with Crippen molar-refractivity contribution < 1.29 is 13.5 Å². The fourth-order valence-corrected chi connectivity index (χ4v) is 4.95. The Morgan fingerprint density at radius 2 is 1.97 bits per heavy atom. The molecule has 0 saturated carbocycles. The Balaban J connectivity index is 1.62. The second kappa shape index (κ2) is 10.9. The molecule has 3 heterocycles. The molecule has 0 spiro atoms. The number of benzene rings is 1. The minimum Gasteiger partial charge on any atom is -0.380 e. The van der Waals surface area contributed by atoms with Gasteiger partial charge in [0.25, 0.3) is 0 Å². The van der Waals surface area contributed by atoms with E-state index >= 15 is 0 Å². The number of nitrogens with zero attached hydrogens (tertiary/aromatic N) is 4. The lowest BCUT2D eigenvalue weighted by atomic mass is 9.97. The molecule has 0 radical (unpaired) electrons. The van der Waals surface area contributed by atoms with Crippen molar-refractivity contribution in [1.82, 2.24) is 14.5 Å². The van der Waals surface area contributed by atoms with Gasteiger partial charge in [-0.1, -0.05) is 26.0 Å². The summed E-state index contributed by atoms with van der Waals surface area (Å²) in [7, 11) is 0. The van der Waals surface area contributed by atoms with Crippen LogP contribution in [0.3, 0.4) is 0 Å². The molecular weight excluding hydrogens is 446 g/mol. The van der Waals surface area contributed by atoms with Gasteiger partial charge < -0.3 is 14.2 Å². The Morgan fingerprint density at radius 3 is 2.66 bits per heavy atom. The van der Waals surface area contributed by atoms with Crippen LogP contribution in [0.4, 0.5) is 14.6 Å². The zero-order valence-corrected chi connectivity index (χ0v) is 21.2. The molecular formula is C28H36F2N4O. The monoisotopic (exact) mass is 482 g/mol. The zero-order valence-electron chi connectivity index (χ0n) is 21.2. The van der Waals surface area contributed by atoms with Gasteiger partial charge in [-0.25, -0.2) is 18.7 Å². The summed E-state index contributed by atoms with van der Waals surface area (Å²) in [5.74, 6) is 0.296. The lowest BCUT2D eigenvalue weighted by Crippen LogP contribution is -2.35. The Morgan fingerprint density at radius 1 is 1.20 bits per heavy atom. The van der Waals surface area contributed by atoms with Gasteiger partial charge in [-0.05, 0) is 57.6 Å². The van der Waals surface area contributed by atoms with E-state index in [0.717, 1.165) is 43.1 Å². The van der Waals surface area contributed by atoms with Crippen molar-refractivity contribution in [1.29, 1.82) is 0 Å². The summed E-state index contributed by atoms with van der Waals surface area (Å²) in [6.45, 7) is 14.3. The molecule has 1 saturated heterocycles. The van der Waals surface area contributed by atoms with Crippen LogP contribution < -0.4 is 4.90 Å². The molecule has 35 heavy (non-hydrogen) atoms. The largest absolute Gasteiger partial charge is 0.380 e. The summed E-state index contributed by atoms with van der Waals surface area (Å²) in [5.41, 5.74) is 3.06. The maximum absolute atomic E-state index is 14.0. The van der Waals surface area contributed by atoms with Gasteiger partial charge in [-0.2, -0.15) is 0 Å². The van der Waals surface area contributed by atoms with E-state index in [9.17, 15) is 8.78 Å². The van der Waals surface area contributed by atoms with Crippen LogP contribution in [0.25, 0.3) is 22.4 Å². The fourth-order valence-electron chi connectivity index (χ4n) is 4.95. The first-order chi connectivity index (χ1) is 16.8. The van der Waals surface area contributed by atoms with Crippen molar-refractivity contribution in [2.24, 2.45) is 5.92 Å². The molecule has 7 heteroatoms. The average molecular weight is 483 g/mol. The van der Waals surface area contributed by atoms with Crippen LogP contribution in [0, 0.1) is 17.6 Å². The Hall–Kier alpha value is -2.80. The number of hydrogen-bond acceptors (Lipinski definition) is 4. The highest BCUT2D eigenvalue weighted by atomic mass is 19.2. The predicted octanol–water partition coefficient (Wildman–Crippen LogP) is 6.76. The quantitative estimate of drug-likeness (QED) is 0.236. The average Bonchev–Trinajstić information content (AvgIpc) is 3.38. The van der Waals surface area contributed by atoms with Crippen molar-refractivity contribution in [2.75, 3.05) is 18.1 Å². The number of rotatable bonds is 10. The van der Waals surface area contributed by atoms with Gasteiger partial charge in [0.15, 0.2) is 11.6 Å². The SMILES string of the molecule is C=C(CC[C@H]1CC[C@H](C)N1c1ccc(-c2nc3cc(F)c(F)cc3n2CCOCC)cn1)C(C)C. The molecule has 3 aromatic rings. The summed E-state index contributed by atoms with van der Waals surface area (Å²) >= 11 is 0. The summed E-state index contributed by atoms with van der Waals surface area (Å²) in [4.78, 5) is 11.9. The summed E-state index contributed by atoms with van der Waals surface area (Å²) in [5, 5.41) is 0. The number of anilines is 1. The second-order valence-corrected chi connectivity index (χ2v) is 9.78. The van der Waals surface area contributed by atoms with E-state index in [1.165, 1.54) is 11.6 Å². The Kier molecular flexibility index (Phi) is 7.85. The minimum atomic E-state index is -0.902. The van der Waals surface area contributed by atoms with E-state index in [-0.39, 0.29) is 0 Å². The summed E-state index contributed by atoms with van der Waals surface area (Å²) < 4.78 is 35.3. The fraction of sp³-hybridized carbons (Fsp3) is 0.500. The van der Waals surface area contributed by atoms with E-state index in [2.05, 4.69) is 37.2 Å². The maximum Gasteiger partial charge on any atom is 0.161 e. The van der Waals surface area contributed by atoms with Gasteiger partial charge in [0.2, 0.25) is 0 Å². The number of hydrogen-bond donors (Lipinski definition) is 0. The topological polar surface area (TPSA) is 43.2 Å². The third-order valence-corrected chi connectivity index (χ3v) is 7.13. The van der Waals surface area contributed by atoms with Crippen LogP contribution in [0.5, 0.6) is 0 Å². The van der Waals surface area contributed by atoms with E-state index in [1.54, 1.807) is 0 Å². The maximum atomic E-state index is 14.0. The van der Waals surface area contributed by atoms with Crippen LogP contribution in [0.15, 0.2) is 42.6 Å². The van der Waals surface area contributed by atoms with E-state index < -0.39 is 11.6 Å². The number of imidazole rings is 1. The van der Waals surface area contributed by atoms with Gasteiger partial charge in [0.1, 0.15) is 11.6 Å². The molecule has 1 aromatic carbocycles. The third-order valence-electron chi connectivity index (χ3n) is 7.13. The molecule has 0 aliphatic carbocycles. The molecule has 1 aliphatic heterocycles. The van der Waals surface area contributed by atoms with Crippen molar-refractivity contribution in [3.8, 4) is 11.4 Å². The van der Waals surface area contributed by atoms with Gasteiger partial charge >= 0.3 is 0 Å². The second-order valence-electron chi connectivity index (χ2n) is 9.78. The smallest absolute Gasteiger partial charge is 0.161 e. The van der Waals surface area contributed by atoms with E-state index in [0.29, 0.717) is 54.6 Å². The van der Waals surface area contributed by atoms with Crippen LogP contribution in [-0.2, 0) is 11.3 Å². The van der Waals surface area contributed by atoms with Crippen molar-refractivity contribution in [3.63, 3.8) is 0 Å². The highest BCUT2D eigenvalue weighted by Gasteiger charge is 2.31. The normalized spacial score (nSPS) is 18.2. The lowest BCUT2D eigenvalue weighted by molar-refractivity contribution is 0.140. The molecule has 0 N–H and O–H groups in total. The van der Waals surface area contributed by atoms with Crippen LogP contribution in [0.1, 0.15) is 53.4 Å². The van der Waals surface area contributed by atoms with Crippen molar-refractivity contribution >= 4 is 16.9 Å². The number of halogens is 2. The van der Waals surface area contributed by atoms with Gasteiger partial charge in [0.05, 0.1) is 17.6 Å². The number of pyridine rings is 1. The van der Waals surface area contributed by atoms with E-state index in [1.807, 2.05) is 29.8 Å². The summed E-state index contributed by atoms with van der Waals surface area (Å²) in [6, 6.07) is 7.26. The molecule has 0 unspecified atom stereocenters. The summed E-state index contributed by atoms with van der Waals surface area (Å²) in [6.07, 6.45) is 6.22. The molecule has 1 aliphatic rings. The van der Waals surface area contributed by atoms with Gasteiger partial charge in [0, 0.05) is 49.1 Å². The molecule has 0 amide bonds. The van der Waals surface area contributed by atoms with Gasteiger partial charge in [-0.3, -0.25) is 0 Å². The van der Waals surface area contributed by atoms with Crippen LogP contribution >= 0.6 is 0 Å². The molecule has 1 fully saturated rings. The van der Waals surface area contributed by atoms with Crippen LogP contribution in [-0.4, -0.2) is 39.8 Å². The Bertz CT molecular complexity index is 1170. The third kappa shape index (κ3) is 5.40. The lowest BCUT2D eigenvalue weighted by Gasteiger charge is -2.30. The van der Waals surface area contributed by atoms with Crippen molar-refractivity contribution in [3.05, 3.63) is 54.2 Å². The first kappa shape index (κ1) is 25.3. The Labute approximate surface area is 206 Å². The first-order valence-corrected chi connectivity index (χ1v) is 12.7. The minimum absolute atomic E-state index is 0.415. The van der Waals surface area contributed by atoms with Crippen molar-refractivity contribution in [2.45, 2.75) is 72.0 Å². The molecule has 4 rings (SSSR count). The standard InChI is InChI=1S/C28H36F2N4O/c1-6-35-14-13-33-26-16-24(30)23(29)15-25(26)32-28(33)21-9-12-27(31-17-21)34-20(5)8-11-22(34)10-7-19(4)18(2)3/h9,12,15-18,20,22H,4,6-8,10-11,13-14H2,1-3,5H3/t20-,22-/m0/s1. The molecule has 2 aromatic heterocycles. The molecule has 5 nitrogen and oxygen atoms in total. The highest BCUT2D eigenvalue weighted by Crippen LogP contribution is 2.34. The zero-order chi connectivity index (χ0) is 25.1. The van der Waals surface area contributed by atoms with Gasteiger partial charge in [-0.15, -0.1) is 0 Å². The number of aromatic nitrogens is 3. The number of fused-ring (bicyclic) bond motifs is 1. The number of ether oxygens (including phenoxy) is 1. The number of allylic oxidation sites excluding steroid dienone is 1. The predicted molar refractivity (Wildman–Crippen MR) is 138 cm³/mol. The van der Waals surface area contributed by atoms with E-state index in [4.69, 9.17) is 9.72 Å². The highest BCUT2D eigenvalue weighted by molar-refractivity contribution is 5.81.